The molecule has 7 nitrogen and oxygen atoms in total. The fourth-order valence-corrected chi connectivity index (χ4v) is 4.41. The number of nitrogens with one attached hydrogen (secondary N) is 3. The van der Waals surface area contributed by atoms with Gasteiger partial charge in [0.15, 0.2) is 15.8 Å². The molecule has 0 radical (unpaired) electrons. The van der Waals surface area contributed by atoms with Gasteiger partial charge in [-0.2, -0.15) is 0 Å². The summed E-state index contributed by atoms with van der Waals surface area (Å²) in [5.41, 5.74) is 0.626. The first kappa shape index (κ1) is 20.2. The number of nitrogens with zero attached hydrogens (tertiary/aromatic N) is 1. The average Bonchev–Trinajstić information content (AvgIpc) is 2.93. The molecule has 1 atom stereocenters. The van der Waals surface area contributed by atoms with Gasteiger partial charge in [-0.25, -0.2) is 12.8 Å². The average molecular weight is 384 g/mol. The molecule has 1 heterocycles. The van der Waals surface area contributed by atoms with Gasteiger partial charge < -0.3 is 16.0 Å². The van der Waals surface area contributed by atoms with Gasteiger partial charge in [-0.1, -0.05) is 18.2 Å². The standard InChI is InChI=1S/C17H25FN4O3S/c1-19-17(20-9-6-13-4-2-3-5-15(13)18)21-10-7-16(23)22-14-8-11-26(24,25)12-14/h2-5,14H,6-12H2,1H3,(H,22,23)(H2,19,20,21). The van der Waals surface area contributed by atoms with Crippen molar-refractivity contribution < 1.29 is 17.6 Å². The smallest absolute Gasteiger partial charge is 0.222 e. The Morgan fingerprint density at radius 1 is 1.27 bits per heavy atom. The van der Waals surface area contributed by atoms with Crippen molar-refractivity contribution in [3.05, 3.63) is 35.6 Å². The van der Waals surface area contributed by atoms with Crippen molar-refractivity contribution in [2.75, 3.05) is 31.6 Å². The number of hydrogen-bond donors (Lipinski definition) is 3. The van der Waals surface area contributed by atoms with E-state index in [4.69, 9.17) is 0 Å². The molecular weight excluding hydrogens is 359 g/mol. The fraction of sp³-hybridized carbons (Fsp3) is 0.529. The van der Waals surface area contributed by atoms with E-state index in [0.29, 0.717) is 37.5 Å². The van der Waals surface area contributed by atoms with Gasteiger partial charge in [-0.15, -0.1) is 0 Å². The first-order valence-corrected chi connectivity index (χ1v) is 10.4. The molecule has 0 saturated carbocycles. The molecule has 26 heavy (non-hydrogen) atoms. The Kier molecular flexibility index (Phi) is 7.38. The van der Waals surface area contributed by atoms with E-state index in [1.54, 1.807) is 25.2 Å². The van der Waals surface area contributed by atoms with Crippen LogP contribution in [0.4, 0.5) is 4.39 Å². The molecule has 1 amide bonds. The summed E-state index contributed by atoms with van der Waals surface area (Å²) in [5, 5.41) is 8.81. The summed E-state index contributed by atoms with van der Waals surface area (Å²) in [6, 6.07) is 6.32. The van der Waals surface area contributed by atoms with Crippen LogP contribution in [0.1, 0.15) is 18.4 Å². The van der Waals surface area contributed by atoms with E-state index >= 15 is 0 Å². The number of guanidine groups is 1. The molecule has 2 rings (SSSR count). The summed E-state index contributed by atoms with van der Waals surface area (Å²) in [7, 11) is -1.39. The van der Waals surface area contributed by atoms with Crippen molar-refractivity contribution in [2.45, 2.75) is 25.3 Å². The van der Waals surface area contributed by atoms with Crippen molar-refractivity contribution in [1.82, 2.24) is 16.0 Å². The predicted octanol–water partition coefficient (Wildman–Crippen LogP) is 0.227. The number of rotatable bonds is 7. The van der Waals surface area contributed by atoms with E-state index in [9.17, 15) is 17.6 Å². The van der Waals surface area contributed by atoms with Crippen LogP contribution < -0.4 is 16.0 Å². The normalized spacial score (nSPS) is 19.2. The molecule has 0 spiro atoms. The highest BCUT2D eigenvalue weighted by Crippen LogP contribution is 2.11. The minimum absolute atomic E-state index is 0.0193. The van der Waals surface area contributed by atoms with Crippen LogP contribution in [-0.4, -0.2) is 58.0 Å². The number of benzene rings is 1. The largest absolute Gasteiger partial charge is 0.356 e. The second-order valence-corrected chi connectivity index (χ2v) is 8.41. The van der Waals surface area contributed by atoms with Crippen LogP contribution in [0.5, 0.6) is 0 Å². The van der Waals surface area contributed by atoms with Crippen molar-refractivity contribution in [1.29, 1.82) is 0 Å². The van der Waals surface area contributed by atoms with Crippen LogP contribution >= 0.6 is 0 Å². The quantitative estimate of drug-likeness (QED) is 0.462. The lowest BCUT2D eigenvalue weighted by atomic mass is 10.1. The Balaban J connectivity index is 1.64. The molecule has 1 unspecified atom stereocenters. The van der Waals surface area contributed by atoms with Crippen LogP contribution in [0, 0.1) is 5.82 Å². The Morgan fingerprint density at radius 3 is 2.65 bits per heavy atom. The lowest BCUT2D eigenvalue weighted by Crippen LogP contribution is -2.41. The van der Waals surface area contributed by atoms with Crippen molar-refractivity contribution >= 4 is 21.7 Å². The van der Waals surface area contributed by atoms with Crippen molar-refractivity contribution in [2.24, 2.45) is 4.99 Å². The zero-order valence-electron chi connectivity index (χ0n) is 14.8. The van der Waals surface area contributed by atoms with Crippen LogP contribution in [-0.2, 0) is 21.1 Å². The lowest BCUT2D eigenvalue weighted by molar-refractivity contribution is -0.121. The number of halogens is 1. The molecule has 144 valence electrons. The van der Waals surface area contributed by atoms with Gasteiger partial charge >= 0.3 is 0 Å². The van der Waals surface area contributed by atoms with E-state index in [-0.39, 0.29) is 35.7 Å². The molecule has 1 aromatic rings. The molecule has 9 heteroatoms. The van der Waals surface area contributed by atoms with Crippen molar-refractivity contribution in [3.63, 3.8) is 0 Å². The molecule has 1 aromatic carbocycles. The van der Waals surface area contributed by atoms with Gasteiger partial charge in [-0.3, -0.25) is 9.79 Å². The van der Waals surface area contributed by atoms with Gasteiger partial charge in [0, 0.05) is 32.6 Å². The number of aliphatic imine (C=N–C) groups is 1. The summed E-state index contributed by atoms with van der Waals surface area (Å²) in [5.74, 6) is 0.252. The molecule has 1 saturated heterocycles. The number of carbonyl (C=O) groups excluding carboxylic acids is 1. The molecule has 1 fully saturated rings. The summed E-state index contributed by atoms with van der Waals surface area (Å²) in [4.78, 5) is 15.9. The highest BCUT2D eigenvalue weighted by atomic mass is 32.2. The molecule has 0 aliphatic carbocycles. The third kappa shape index (κ3) is 6.62. The zero-order valence-corrected chi connectivity index (χ0v) is 15.6. The molecular formula is C17H25FN4O3S. The zero-order chi connectivity index (χ0) is 19.0. The Labute approximate surface area is 153 Å². The monoisotopic (exact) mass is 384 g/mol. The summed E-state index contributed by atoms with van der Waals surface area (Å²) in [6.45, 7) is 0.872. The Morgan fingerprint density at radius 2 is 2.00 bits per heavy atom. The summed E-state index contributed by atoms with van der Waals surface area (Å²) >= 11 is 0. The second-order valence-electron chi connectivity index (χ2n) is 6.18. The molecule has 1 aliphatic rings. The van der Waals surface area contributed by atoms with Crippen LogP contribution in [0.25, 0.3) is 0 Å². The van der Waals surface area contributed by atoms with Crippen LogP contribution in [0.2, 0.25) is 0 Å². The van der Waals surface area contributed by atoms with Gasteiger partial charge in [0.1, 0.15) is 5.82 Å². The number of hydrogen-bond acceptors (Lipinski definition) is 4. The maximum atomic E-state index is 13.5. The van der Waals surface area contributed by atoms with Gasteiger partial charge in [-0.05, 0) is 24.5 Å². The Hall–Kier alpha value is -2.16. The van der Waals surface area contributed by atoms with Crippen LogP contribution in [0.3, 0.4) is 0 Å². The van der Waals surface area contributed by atoms with E-state index in [2.05, 4.69) is 20.9 Å². The van der Waals surface area contributed by atoms with E-state index in [1.807, 2.05) is 0 Å². The minimum atomic E-state index is -3.00. The van der Waals surface area contributed by atoms with E-state index in [0.717, 1.165) is 0 Å². The topological polar surface area (TPSA) is 99.7 Å². The maximum absolute atomic E-state index is 13.5. The summed E-state index contributed by atoms with van der Waals surface area (Å²) < 4.78 is 36.3. The van der Waals surface area contributed by atoms with Gasteiger partial charge in [0.2, 0.25) is 5.91 Å². The van der Waals surface area contributed by atoms with Crippen LogP contribution in [0.15, 0.2) is 29.3 Å². The van der Waals surface area contributed by atoms with Crippen molar-refractivity contribution in [3.8, 4) is 0 Å². The molecule has 0 bridgehead atoms. The lowest BCUT2D eigenvalue weighted by Gasteiger charge is -2.13. The first-order chi connectivity index (χ1) is 12.4. The highest BCUT2D eigenvalue weighted by molar-refractivity contribution is 7.91. The number of amides is 1. The highest BCUT2D eigenvalue weighted by Gasteiger charge is 2.28. The number of carbonyl (C=O) groups is 1. The van der Waals surface area contributed by atoms with E-state index in [1.165, 1.54) is 6.07 Å². The maximum Gasteiger partial charge on any atom is 0.222 e. The molecule has 3 N–H and O–H groups in total. The number of sulfone groups is 1. The third-order valence-electron chi connectivity index (χ3n) is 4.11. The molecule has 0 aromatic heterocycles. The molecule has 1 aliphatic heterocycles. The van der Waals surface area contributed by atoms with Gasteiger partial charge in [0.05, 0.1) is 11.5 Å². The second kappa shape index (κ2) is 9.51. The van der Waals surface area contributed by atoms with Gasteiger partial charge in [0.25, 0.3) is 0 Å². The SMILES string of the molecule is CN=C(NCCC(=O)NC1CCS(=O)(=O)C1)NCCc1ccccc1F. The van der Waals surface area contributed by atoms with E-state index < -0.39 is 9.84 Å². The predicted molar refractivity (Wildman–Crippen MR) is 99.3 cm³/mol. The fourth-order valence-electron chi connectivity index (χ4n) is 2.74. The minimum Gasteiger partial charge on any atom is -0.356 e. The summed E-state index contributed by atoms with van der Waals surface area (Å²) in [6.07, 6.45) is 1.20. The third-order valence-corrected chi connectivity index (χ3v) is 5.88. The Bertz CT molecular complexity index is 752. The first-order valence-electron chi connectivity index (χ1n) is 8.57.